The molecule has 1 aromatic carbocycles. The van der Waals surface area contributed by atoms with Crippen molar-refractivity contribution >= 4 is 33.4 Å². The smallest absolute Gasteiger partial charge is 0.295 e. The van der Waals surface area contributed by atoms with E-state index in [1.807, 2.05) is 23.6 Å². The second-order valence-corrected chi connectivity index (χ2v) is 5.76. The fourth-order valence-electron chi connectivity index (χ4n) is 2.79. The largest absolute Gasteiger partial charge is 0.329 e. The molecule has 1 saturated carbocycles. The molecule has 1 fully saturated rings. The van der Waals surface area contributed by atoms with Crippen LogP contribution < -0.4 is 5.69 Å². The normalized spacial score (nSPS) is 15.3. The molecule has 0 bridgehead atoms. The van der Waals surface area contributed by atoms with Gasteiger partial charge in [0.05, 0.1) is 16.7 Å². The molecule has 0 aliphatic heterocycles. The third-order valence-corrected chi connectivity index (χ3v) is 4.32. The van der Waals surface area contributed by atoms with Crippen molar-refractivity contribution in [3.63, 3.8) is 0 Å². The fraction of sp³-hybridized carbons (Fsp3) is 0.357. The van der Waals surface area contributed by atoms with Crippen LogP contribution >= 0.6 is 11.6 Å². The average molecular weight is 289 g/mol. The van der Waals surface area contributed by atoms with E-state index in [0.717, 1.165) is 40.3 Å². The molecule has 0 atom stereocenters. The maximum Gasteiger partial charge on any atom is 0.329 e. The second kappa shape index (κ2) is 3.82. The van der Waals surface area contributed by atoms with Crippen molar-refractivity contribution < 1.29 is 0 Å². The number of nitrogens with zero attached hydrogens (tertiary/aromatic N) is 4. The molecule has 0 spiro atoms. The summed E-state index contributed by atoms with van der Waals surface area (Å²) >= 11 is 6.14. The predicted molar refractivity (Wildman–Crippen MR) is 78.3 cm³/mol. The lowest BCUT2D eigenvalue weighted by Crippen LogP contribution is -2.21. The molecule has 1 aliphatic rings. The summed E-state index contributed by atoms with van der Waals surface area (Å²) in [7, 11) is 1.80. The number of halogens is 1. The van der Waals surface area contributed by atoms with E-state index in [1.165, 1.54) is 0 Å². The Kier molecular flexibility index (Phi) is 2.27. The molecule has 0 saturated heterocycles. The zero-order chi connectivity index (χ0) is 14.0. The quantitative estimate of drug-likeness (QED) is 0.691. The van der Waals surface area contributed by atoms with Crippen molar-refractivity contribution in [1.82, 2.24) is 19.3 Å². The number of rotatable bonds is 1. The van der Waals surface area contributed by atoms with Crippen molar-refractivity contribution in [2.45, 2.75) is 25.8 Å². The molecule has 2 heterocycles. The monoisotopic (exact) mass is 288 g/mol. The first kappa shape index (κ1) is 11.9. The highest BCUT2D eigenvalue weighted by atomic mass is 35.5. The molecule has 102 valence electrons. The molecule has 3 aromatic rings. The summed E-state index contributed by atoms with van der Waals surface area (Å²) in [6.45, 7) is 1.90. The van der Waals surface area contributed by atoms with E-state index in [0.29, 0.717) is 11.2 Å². The van der Waals surface area contributed by atoms with Crippen molar-refractivity contribution in [2.24, 2.45) is 7.05 Å². The standard InChI is InChI=1S/C14H13ClN4O/c1-7-9-5-12-11(6-10(9)13(15)17-16-7)18(2)14(20)19(12)8-3-4-8/h5-6,8H,3-4H2,1-2H3. The third-order valence-electron chi connectivity index (χ3n) is 4.04. The van der Waals surface area contributed by atoms with Crippen LogP contribution in [0.2, 0.25) is 5.15 Å². The topological polar surface area (TPSA) is 52.7 Å². The van der Waals surface area contributed by atoms with Gasteiger partial charge in [0.25, 0.3) is 0 Å². The first-order valence-corrected chi connectivity index (χ1v) is 6.99. The summed E-state index contributed by atoms with van der Waals surface area (Å²) in [5.74, 6) is 0. The highest BCUT2D eigenvalue weighted by Crippen LogP contribution is 2.37. The molecule has 4 rings (SSSR count). The fourth-order valence-corrected chi connectivity index (χ4v) is 2.98. The molecule has 0 amide bonds. The summed E-state index contributed by atoms with van der Waals surface area (Å²) in [5.41, 5.74) is 2.71. The van der Waals surface area contributed by atoms with E-state index in [-0.39, 0.29) is 5.69 Å². The zero-order valence-electron chi connectivity index (χ0n) is 11.2. The predicted octanol–water partition coefficient (Wildman–Crippen LogP) is 2.58. The Bertz CT molecular complexity index is 920. The molecule has 0 radical (unpaired) electrons. The van der Waals surface area contributed by atoms with E-state index in [9.17, 15) is 4.79 Å². The van der Waals surface area contributed by atoms with Gasteiger partial charge in [-0.1, -0.05) is 11.6 Å². The molecular weight excluding hydrogens is 276 g/mol. The summed E-state index contributed by atoms with van der Waals surface area (Å²) in [6, 6.07) is 4.30. The van der Waals surface area contributed by atoms with E-state index in [1.54, 1.807) is 11.6 Å². The maximum atomic E-state index is 12.4. The van der Waals surface area contributed by atoms with E-state index >= 15 is 0 Å². The van der Waals surface area contributed by atoms with E-state index in [4.69, 9.17) is 11.6 Å². The third kappa shape index (κ3) is 1.47. The minimum Gasteiger partial charge on any atom is -0.295 e. The van der Waals surface area contributed by atoms with Gasteiger partial charge in [0.1, 0.15) is 0 Å². The van der Waals surface area contributed by atoms with Crippen LogP contribution in [0.15, 0.2) is 16.9 Å². The zero-order valence-corrected chi connectivity index (χ0v) is 12.0. The minimum atomic E-state index is 0.0347. The molecule has 5 nitrogen and oxygen atoms in total. The van der Waals surface area contributed by atoms with Gasteiger partial charge in [-0.05, 0) is 31.9 Å². The van der Waals surface area contributed by atoms with Gasteiger partial charge in [0.2, 0.25) is 0 Å². The van der Waals surface area contributed by atoms with E-state index < -0.39 is 0 Å². The summed E-state index contributed by atoms with van der Waals surface area (Å²) in [4.78, 5) is 12.4. The van der Waals surface area contributed by atoms with Gasteiger partial charge in [-0.2, -0.15) is 5.10 Å². The minimum absolute atomic E-state index is 0.0347. The molecule has 2 aromatic heterocycles. The highest BCUT2D eigenvalue weighted by molar-refractivity contribution is 6.34. The van der Waals surface area contributed by atoms with Crippen LogP contribution in [-0.4, -0.2) is 19.3 Å². The molecule has 0 N–H and O–H groups in total. The summed E-state index contributed by atoms with van der Waals surface area (Å²) < 4.78 is 3.57. The van der Waals surface area contributed by atoms with Gasteiger partial charge in [0, 0.05) is 23.9 Å². The maximum absolute atomic E-state index is 12.4. The van der Waals surface area contributed by atoms with Gasteiger partial charge in [-0.3, -0.25) is 9.13 Å². The number of benzene rings is 1. The van der Waals surface area contributed by atoms with Crippen molar-refractivity contribution in [1.29, 1.82) is 0 Å². The Morgan fingerprint density at radius 3 is 2.60 bits per heavy atom. The van der Waals surface area contributed by atoms with Crippen LogP contribution in [0.3, 0.4) is 0 Å². The Hall–Kier alpha value is -1.88. The Balaban J connectivity index is 2.23. The Morgan fingerprint density at radius 1 is 1.20 bits per heavy atom. The van der Waals surface area contributed by atoms with Crippen LogP contribution in [0.4, 0.5) is 0 Å². The molecule has 6 heteroatoms. The molecular formula is C14H13ClN4O. The van der Waals surface area contributed by atoms with Crippen LogP contribution in [0, 0.1) is 6.92 Å². The van der Waals surface area contributed by atoms with Gasteiger partial charge in [-0.15, -0.1) is 5.10 Å². The SMILES string of the molecule is Cc1nnc(Cl)c2cc3c(cc12)n(C1CC1)c(=O)n3C. The second-order valence-electron chi connectivity index (χ2n) is 5.41. The average Bonchev–Trinajstić information content (AvgIpc) is 3.23. The van der Waals surface area contributed by atoms with Crippen molar-refractivity contribution in [3.05, 3.63) is 33.5 Å². The van der Waals surface area contributed by atoms with Gasteiger partial charge in [0.15, 0.2) is 5.15 Å². The number of hydrogen-bond acceptors (Lipinski definition) is 3. The van der Waals surface area contributed by atoms with Crippen LogP contribution in [0.5, 0.6) is 0 Å². The summed E-state index contributed by atoms with van der Waals surface area (Å²) in [6.07, 6.45) is 2.15. The lowest BCUT2D eigenvalue weighted by atomic mass is 10.1. The van der Waals surface area contributed by atoms with Gasteiger partial charge in [-0.25, -0.2) is 4.79 Å². The number of imidazole rings is 1. The number of hydrogen-bond donors (Lipinski definition) is 0. The molecule has 1 aliphatic carbocycles. The number of aromatic nitrogens is 4. The van der Waals surface area contributed by atoms with E-state index in [2.05, 4.69) is 10.2 Å². The lowest BCUT2D eigenvalue weighted by molar-refractivity contribution is 0.696. The Morgan fingerprint density at radius 2 is 1.90 bits per heavy atom. The Labute approximate surface area is 119 Å². The summed E-state index contributed by atoms with van der Waals surface area (Å²) in [5, 5.41) is 10.2. The van der Waals surface area contributed by atoms with Crippen LogP contribution in [0.1, 0.15) is 24.6 Å². The van der Waals surface area contributed by atoms with Crippen molar-refractivity contribution in [2.75, 3.05) is 0 Å². The van der Waals surface area contributed by atoms with Crippen molar-refractivity contribution in [3.8, 4) is 0 Å². The van der Waals surface area contributed by atoms with Crippen LogP contribution in [0.25, 0.3) is 21.8 Å². The molecule has 0 unspecified atom stereocenters. The first-order chi connectivity index (χ1) is 9.58. The van der Waals surface area contributed by atoms with Crippen LogP contribution in [-0.2, 0) is 7.05 Å². The number of aryl methyl sites for hydroxylation is 2. The highest BCUT2D eigenvalue weighted by Gasteiger charge is 2.28. The van der Waals surface area contributed by atoms with Gasteiger partial charge < -0.3 is 0 Å². The van der Waals surface area contributed by atoms with Gasteiger partial charge >= 0.3 is 5.69 Å². The number of fused-ring (bicyclic) bond motifs is 2. The first-order valence-electron chi connectivity index (χ1n) is 6.61. The molecule has 20 heavy (non-hydrogen) atoms. The lowest BCUT2D eigenvalue weighted by Gasteiger charge is -2.05.